The summed E-state index contributed by atoms with van der Waals surface area (Å²) in [7, 11) is -4.22. The minimum Gasteiger partial charge on any atom is -0.457 e. The molecule has 4 aromatic carbocycles. The molecular formula is C35H38FN3O5S. The molecule has 0 aliphatic heterocycles. The summed E-state index contributed by atoms with van der Waals surface area (Å²) in [6, 6.07) is 26.6. The molecule has 10 heteroatoms. The van der Waals surface area contributed by atoms with Crippen molar-refractivity contribution in [3.05, 3.63) is 120 Å². The summed E-state index contributed by atoms with van der Waals surface area (Å²) in [6.45, 7) is 5.29. The molecule has 0 bridgehead atoms. The van der Waals surface area contributed by atoms with Gasteiger partial charge in [0.05, 0.1) is 10.6 Å². The molecule has 1 N–H and O–H groups in total. The molecule has 0 aromatic heterocycles. The third-order valence-electron chi connectivity index (χ3n) is 7.25. The van der Waals surface area contributed by atoms with Crippen LogP contribution in [0.4, 0.5) is 10.1 Å². The van der Waals surface area contributed by atoms with Gasteiger partial charge in [-0.15, -0.1) is 0 Å². The Morgan fingerprint density at radius 1 is 0.867 bits per heavy atom. The predicted molar refractivity (Wildman–Crippen MR) is 173 cm³/mol. The first-order valence-corrected chi connectivity index (χ1v) is 16.3. The van der Waals surface area contributed by atoms with Gasteiger partial charge >= 0.3 is 0 Å². The fourth-order valence-electron chi connectivity index (χ4n) is 4.58. The van der Waals surface area contributed by atoms with Gasteiger partial charge < -0.3 is 15.0 Å². The molecule has 0 fully saturated rings. The smallest absolute Gasteiger partial charge is 0.264 e. The maximum Gasteiger partial charge on any atom is 0.264 e. The first kappa shape index (κ1) is 33.2. The van der Waals surface area contributed by atoms with Crippen LogP contribution in [-0.4, -0.2) is 44.3 Å². The van der Waals surface area contributed by atoms with Gasteiger partial charge in [0.25, 0.3) is 10.0 Å². The Hall–Kier alpha value is -4.70. The summed E-state index contributed by atoms with van der Waals surface area (Å²) >= 11 is 0. The fourth-order valence-corrected chi connectivity index (χ4v) is 5.99. The van der Waals surface area contributed by atoms with Gasteiger partial charge in [-0.25, -0.2) is 12.8 Å². The van der Waals surface area contributed by atoms with Crippen molar-refractivity contribution in [3.63, 3.8) is 0 Å². The van der Waals surface area contributed by atoms with E-state index in [9.17, 15) is 22.4 Å². The summed E-state index contributed by atoms with van der Waals surface area (Å²) in [6.07, 6.45) is 1.66. The van der Waals surface area contributed by atoms with Crippen LogP contribution in [0.1, 0.15) is 37.8 Å². The second-order valence-corrected chi connectivity index (χ2v) is 12.6. The number of amides is 2. The van der Waals surface area contributed by atoms with Crippen molar-refractivity contribution in [2.45, 2.75) is 51.1 Å². The van der Waals surface area contributed by atoms with Crippen molar-refractivity contribution in [1.29, 1.82) is 0 Å². The average molecular weight is 632 g/mol. The van der Waals surface area contributed by atoms with E-state index >= 15 is 0 Å². The third-order valence-corrected chi connectivity index (χ3v) is 9.04. The summed E-state index contributed by atoms with van der Waals surface area (Å²) in [5.41, 5.74) is 1.71. The van der Waals surface area contributed by atoms with Crippen molar-refractivity contribution < 1.29 is 27.1 Å². The number of carbonyl (C=O) groups excluding carboxylic acids is 2. The lowest BCUT2D eigenvalue weighted by atomic mass is 10.1. The van der Waals surface area contributed by atoms with E-state index in [4.69, 9.17) is 4.74 Å². The van der Waals surface area contributed by atoms with Crippen molar-refractivity contribution in [3.8, 4) is 11.5 Å². The third kappa shape index (κ3) is 8.92. The Balaban J connectivity index is 1.68. The molecule has 0 aliphatic rings. The van der Waals surface area contributed by atoms with Crippen LogP contribution in [0.2, 0.25) is 0 Å². The van der Waals surface area contributed by atoms with E-state index < -0.39 is 34.3 Å². The molecule has 1 atom stereocenters. The number of aryl methyl sites for hydroxylation is 1. The molecule has 0 radical (unpaired) electrons. The van der Waals surface area contributed by atoms with Gasteiger partial charge in [-0.3, -0.25) is 13.9 Å². The van der Waals surface area contributed by atoms with Crippen LogP contribution < -0.4 is 14.4 Å². The normalized spacial score (nSPS) is 11.8. The zero-order chi connectivity index (χ0) is 32.4. The van der Waals surface area contributed by atoms with E-state index in [2.05, 4.69) is 5.32 Å². The van der Waals surface area contributed by atoms with Crippen molar-refractivity contribution in [1.82, 2.24) is 10.2 Å². The average Bonchev–Trinajstić information content (AvgIpc) is 3.04. The predicted octanol–water partition coefficient (Wildman–Crippen LogP) is 6.46. The number of benzene rings is 4. The molecule has 0 saturated heterocycles. The van der Waals surface area contributed by atoms with Crippen molar-refractivity contribution in [2.75, 3.05) is 17.4 Å². The van der Waals surface area contributed by atoms with Crippen molar-refractivity contribution >= 4 is 27.5 Å². The largest absolute Gasteiger partial charge is 0.457 e. The van der Waals surface area contributed by atoms with Crippen LogP contribution in [0.15, 0.2) is 108 Å². The van der Waals surface area contributed by atoms with Gasteiger partial charge in [0.15, 0.2) is 0 Å². The number of rotatable bonds is 14. The van der Waals surface area contributed by atoms with Gasteiger partial charge in [-0.1, -0.05) is 61.4 Å². The standard InChI is InChI=1S/C35H38FN3O5S/c1-4-5-23-37-35(41)27(3)38(24-28-13-15-29(36)16-14-28)34(40)25-39(45(42,43)33-21-11-26(2)12-22-33)30-17-19-32(20-18-30)44-31-9-7-6-8-10-31/h6-22,27H,4-5,23-25H2,1-3H3,(H,37,41)/t27-/m0/s1. The van der Waals surface area contributed by atoms with Crippen LogP contribution in [0.5, 0.6) is 11.5 Å². The van der Waals surface area contributed by atoms with E-state index in [1.807, 2.05) is 32.0 Å². The lowest BCUT2D eigenvalue weighted by Gasteiger charge is -2.32. The first-order valence-electron chi connectivity index (χ1n) is 14.8. The van der Waals surface area contributed by atoms with E-state index in [1.165, 1.54) is 41.3 Å². The second-order valence-electron chi connectivity index (χ2n) is 10.7. The minimum atomic E-state index is -4.22. The van der Waals surface area contributed by atoms with Gasteiger partial charge in [0.1, 0.15) is 29.9 Å². The zero-order valence-electron chi connectivity index (χ0n) is 25.6. The van der Waals surface area contributed by atoms with E-state index in [0.717, 1.165) is 22.7 Å². The van der Waals surface area contributed by atoms with Gasteiger partial charge in [0, 0.05) is 13.1 Å². The molecule has 0 heterocycles. The summed E-state index contributed by atoms with van der Waals surface area (Å²) < 4.78 is 48.7. The molecule has 8 nitrogen and oxygen atoms in total. The van der Waals surface area contributed by atoms with Crippen LogP contribution in [-0.2, 0) is 26.2 Å². The summed E-state index contributed by atoms with van der Waals surface area (Å²) in [5, 5.41) is 2.85. The Morgan fingerprint density at radius 3 is 2.11 bits per heavy atom. The van der Waals surface area contributed by atoms with Crippen LogP contribution in [0, 0.1) is 12.7 Å². The summed E-state index contributed by atoms with van der Waals surface area (Å²) in [4.78, 5) is 28.5. The van der Waals surface area contributed by atoms with Gasteiger partial charge in [0.2, 0.25) is 11.8 Å². The number of carbonyl (C=O) groups is 2. The summed E-state index contributed by atoms with van der Waals surface area (Å²) in [5.74, 6) is -0.296. The molecule has 0 saturated carbocycles. The molecule has 4 rings (SSSR count). The van der Waals surface area contributed by atoms with E-state index in [0.29, 0.717) is 23.6 Å². The van der Waals surface area contributed by atoms with Crippen molar-refractivity contribution in [2.24, 2.45) is 0 Å². The highest BCUT2D eigenvalue weighted by Crippen LogP contribution is 2.29. The lowest BCUT2D eigenvalue weighted by molar-refractivity contribution is -0.139. The molecule has 45 heavy (non-hydrogen) atoms. The lowest BCUT2D eigenvalue weighted by Crippen LogP contribution is -2.51. The zero-order valence-corrected chi connectivity index (χ0v) is 26.5. The molecule has 2 amide bonds. The van der Waals surface area contributed by atoms with Gasteiger partial charge in [-0.2, -0.15) is 0 Å². The molecular weight excluding hydrogens is 593 g/mol. The minimum absolute atomic E-state index is 0.0148. The maximum atomic E-state index is 14.1. The molecule has 0 unspecified atom stereocenters. The molecule has 0 spiro atoms. The number of unbranched alkanes of at least 4 members (excludes halogenated alkanes) is 1. The number of halogens is 1. The Bertz CT molecular complexity index is 1660. The highest BCUT2D eigenvalue weighted by molar-refractivity contribution is 7.92. The Kier molecular flexibility index (Phi) is 11.3. The number of para-hydroxylation sites is 1. The second kappa shape index (κ2) is 15.3. The SMILES string of the molecule is CCCCNC(=O)[C@H](C)N(Cc1ccc(F)cc1)C(=O)CN(c1ccc(Oc2ccccc2)cc1)S(=O)(=O)c1ccc(C)cc1. The number of hydrogen-bond acceptors (Lipinski definition) is 5. The molecule has 4 aromatic rings. The van der Waals surface area contributed by atoms with E-state index in [-0.39, 0.29) is 23.0 Å². The monoisotopic (exact) mass is 631 g/mol. The molecule has 0 aliphatic carbocycles. The van der Waals surface area contributed by atoms with E-state index in [1.54, 1.807) is 55.5 Å². The number of nitrogens with zero attached hydrogens (tertiary/aromatic N) is 2. The number of nitrogens with one attached hydrogen (secondary N) is 1. The number of hydrogen-bond donors (Lipinski definition) is 1. The first-order chi connectivity index (χ1) is 21.6. The van der Waals surface area contributed by atoms with Crippen LogP contribution in [0.3, 0.4) is 0 Å². The quantitative estimate of drug-likeness (QED) is 0.161. The number of sulfonamides is 1. The number of ether oxygens (including phenoxy) is 1. The number of anilines is 1. The topological polar surface area (TPSA) is 96.0 Å². The maximum absolute atomic E-state index is 14.1. The highest BCUT2D eigenvalue weighted by Gasteiger charge is 2.32. The highest BCUT2D eigenvalue weighted by atomic mass is 32.2. The fraction of sp³-hybridized carbons (Fsp3) is 0.257. The molecule has 236 valence electrons. The van der Waals surface area contributed by atoms with Gasteiger partial charge in [-0.05, 0) is 86.5 Å². The van der Waals surface area contributed by atoms with Crippen LogP contribution >= 0.6 is 0 Å². The Labute approximate surface area is 264 Å². The van der Waals surface area contributed by atoms with Crippen LogP contribution in [0.25, 0.3) is 0 Å². The Morgan fingerprint density at radius 2 is 1.49 bits per heavy atom.